The van der Waals surface area contributed by atoms with E-state index in [1.807, 2.05) is 28.7 Å². The van der Waals surface area contributed by atoms with E-state index in [1.54, 1.807) is 0 Å². The fraction of sp³-hybridized carbons (Fsp3) is 0.154. The third kappa shape index (κ3) is 2.57. The highest BCUT2D eigenvalue weighted by atomic mass is 32.2. The van der Waals surface area contributed by atoms with Gasteiger partial charge in [-0.25, -0.2) is 15.1 Å². The molecule has 10 heteroatoms. The number of H-pyrrole nitrogens is 1. The summed E-state index contributed by atoms with van der Waals surface area (Å²) in [7, 11) is 0. The number of imidazole rings is 1. The van der Waals surface area contributed by atoms with Crippen molar-refractivity contribution < 1.29 is 13.2 Å². The van der Waals surface area contributed by atoms with Gasteiger partial charge >= 0.3 is 6.18 Å². The lowest BCUT2D eigenvalue weighted by Gasteiger charge is -1.99. The lowest BCUT2D eigenvalue weighted by Crippen LogP contribution is -2.02. The van der Waals surface area contributed by atoms with Crippen molar-refractivity contribution in [2.24, 2.45) is 0 Å². The minimum absolute atomic E-state index is 0.361. The summed E-state index contributed by atoms with van der Waals surface area (Å²) in [5, 5.41) is 6.83. The van der Waals surface area contributed by atoms with Crippen molar-refractivity contribution in [1.82, 2.24) is 24.6 Å². The van der Waals surface area contributed by atoms with E-state index >= 15 is 0 Å². The lowest BCUT2D eigenvalue weighted by atomic mass is 10.3. The quantitative estimate of drug-likeness (QED) is 0.565. The van der Waals surface area contributed by atoms with Gasteiger partial charge in [0.05, 0.1) is 11.0 Å². The average molecular weight is 355 g/mol. The second-order valence-electron chi connectivity index (χ2n) is 4.68. The zero-order valence-electron chi connectivity index (χ0n) is 11.3. The fourth-order valence-electron chi connectivity index (χ4n) is 2.18. The van der Waals surface area contributed by atoms with Crippen LogP contribution in [0, 0.1) is 0 Å². The first-order valence-corrected chi connectivity index (χ1v) is 8.29. The first kappa shape index (κ1) is 14.5. The number of alkyl halides is 3. The molecular formula is C13H8F3N5S2. The largest absolute Gasteiger partial charge is 0.443 e. The third-order valence-corrected chi connectivity index (χ3v) is 5.36. The highest BCUT2D eigenvalue weighted by Crippen LogP contribution is 2.34. The molecule has 1 N–H and O–H groups in total. The summed E-state index contributed by atoms with van der Waals surface area (Å²) >= 11 is 1.99. The first-order valence-electron chi connectivity index (χ1n) is 6.48. The molecule has 0 amide bonds. The number of nitrogens with one attached hydrogen (secondary N) is 1. The van der Waals surface area contributed by atoms with Gasteiger partial charge in [0.15, 0.2) is 10.2 Å². The zero-order chi connectivity index (χ0) is 16.0. The third-order valence-electron chi connectivity index (χ3n) is 3.14. The number of hydrogen-bond acceptors (Lipinski definition) is 5. The van der Waals surface area contributed by atoms with Crippen LogP contribution in [0.25, 0.3) is 16.8 Å². The predicted molar refractivity (Wildman–Crippen MR) is 81.5 cm³/mol. The Kier molecular flexibility index (Phi) is 3.31. The van der Waals surface area contributed by atoms with Crippen LogP contribution in [-0.2, 0) is 11.9 Å². The Bertz CT molecular complexity index is 984. The number of thiazole rings is 1. The second kappa shape index (κ2) is 5.24. The number of aromatic amines is 1. The minimum atomic E-state index is -4.40. The minimum Gasteiger partial charge on any atom is -0.254 e. The van der Waals surface area contributed by atoms with Gasteiger partial charge in [-0.05, 0) is 12.1 Å². The van der Waals surface area contributed by atoms with Gasteiger partial charge in [0.1, 0.15) is 0 Å². The molecular weight excluding hydrogens is 347 g/mol. The lowest BCUT2D eigenvalue weighted by molar-refractivity contribution is -0.137. The van der Waals surface area contributed by atoms with Crippen molar-refractivity contribution in [3.05, 3.63) is 40.3 Å². The van der Waals surface area contributed by atoms with Crippen molar-refractivity contribution in [2.45, 2.75) is 17.1 Å². The number of benzene rings is 1. The number of rotatable bonds is 3. The highest BCUT2D eigenvalue weighted by molar-refractivity contribution is 7.98. The van der Waals surface area contributed by atoms with Crippen LogP contribution in [0.5, 0.6) is 0 Å². The Labute approximate surface area is 135 Å². The summed E-state index contributed by atoms with van der Waals surface area (Å²) in [5.74, 6) is 0.967. The van der Waals surface area contributed by atoms with Crippen LogP contribution in [0.15, 0.2) is 35.6 Å². The van der Waals surface area contributed by atoms with Gasteiger partial charge in [-0.3, -0.25) is 4.40 Å². The maximum Gasteiger partial charge on any atom is 0.443 e. The molecule has 0 bridgehead atoms. The molecule has 3 heterocycles. The van der Waals surface area contributed by atoms with Crippen LogP contribution in [-0.4, -0.2) is 24.6 Å². The van der Waals surface area contributed by atoms with Gasteiger partial charge in [-0.2, -0.15) is 13.2 Å². The molecule has 0 aliphatic heterocycles. The summed E-state index contributed by atoms with van der Waals surface area (Å²) in [5.41, 5.74) is 1.74. The van der Waals surface area contributed by atoms with E-state index in [0.29, 0.717) is 32.9 Å². The molecule has 23 heavy (non-hydrogen) atoms. The maximum absolute atomic E-state index is 12.6. The van der Waals surface area contributed by atoms with Crippen molar-refractivity contribution in [2.75, 3.05) is 0 Å². The SMILES string of the molecule is FC(F)(F)c1ncc(CSc2n[nH]c3nc4ccccc4n23)s1. The van der Waals surface area contributed by atoms with E-state index < -0.39 is 11.2 Å². The Morgan fingerprint density at radius 3 is 2.87 bits per heavy atom. The molecule has 0 aliphatic carbocycles. The Morgan fingerprint density at radius 1 is 1.26 bits per heavy atom. The van der Waals surface area contributed by atoms with Gasteiger partial charge in [-0.15, -0.1) is 16.4 Å². The summed E-state index contributed by atoms with van der Waals surface area (Å²) in [6.07, 6.45) is -3.13. The predicted octanol–water partition coefficient (Wildman–Crippen LogP) is 3.98. The average Bonchev–Trinajstić information content (AvgIpc) is 3.19. The molecule has 0 atom stereocenters. The Hall–Kier alpha value is -2.07. The molecule has 0 radical (unpaired) electrons. The van der Waals surface area contributed by atoms with Crippen LogP contribution >= 0.6 is 23.1 Å². The van der Waals surface area contributed by atoms with E-state index in [-0.39, 0.29) is 0 Å². The molecule has 0 fully saturated rings. The number of halogens is 3. The second-order valence-corrected chi connectivity index (χ2v) is 6.74. The summed E-state index contributed by atoms with van der Waals surface area (Å²) < 4.78 is 39.6. The molecule has 0 saturated carbocycles. The Morgan fingerprint density at radius 2 is 2.09 bits per heavy atom. The number of thioether (sulfide) groups is 1. The molecule has 1 aromatic carbocycles. The summed E-state index contributed by atoms with van der Waals surface area (Å²) in [6.45, 7) is 0. The Balaban J connectivity index is 1.62. The first-order chi connectivity index (χ1) is 11.0. The molecule has 3 aromatic heterocycles. The number of nitrogens with zero attached hydrogens (tertiary/aromatic N) is 4. The fourth-order valence-corrected chi connectivity index (χ4v) is 3.94. The number of aromatic nitrogens is 5. The van der Waals surface area contributed by atoms with Gasteiger partial charge in [0.2, 0.25) is 5.78 Å². The van der Waals surface area contributed by atoms with Crippen LogP contribution in [0.3, 0.4) is 0 Å². The number of hydrogen-bond donors (Lipinski definition) is 1. The maximum atomic E-state index is 12.6. The van der Waals surface area contributed by atoms with E-state index in [2.05, 4.69) is 20.2 Å². The molecule has 0 spiro atoms. The van der Waals surface area contributed by atoms with Crippen molar-refractivity contribution in [3.8, 4) is 0 Å². The van der Waals surface area contributed by atoms with E-state index in [1.165, 1.54) is 18.0 Å². The van der Waals surface area contributed by atoms with Crippen molar-refractivity contribution >= 4 is 39.9 Å². The van der Waals surface area contributed by atoms with E-state index in [4.69, 9.17) is 0 Å². The van der Waals surface area contributed by atoms with Gasteiger partial charge < -0.3 is 0 Å². The highest BCUT2D eigenvalue weighted by Gasteiger charge is 2.34. The molecule has 0 saturated heterocycles. The molecule has 118 valence electrons. The zero-order valence-corrected chi connectivity index (χ0v) is 13.0. The standard InChI is InChI=1S/C13H8F3N5S2/c14-13(15,16)10-17-5-7(23-10)6-22-12-20-19-11-18-8-3-1-2-4-9(8)21(11)12/h1-5H,6H2,(H,18,19). The summed E-state index contributed by atoms with van der Waals surface area (Å²) in [6, 6.07) is 7.61. The summed E-state index contributed by atoms with van der Waals surface area (Å²) in [4.78, 5) is 8.37. The molecule has 0 aliphatic rings. The van der Waals surface area contributed by atoms with Gasteiger partial charge in [0.25, 0.3) is 0 Å². The van der Waals surface area contributed by atoms with Crippen LogP contribution in [0.1, 0.15) is 9.88 Å². The van der Waals surface area contributed by atoms with Gasteiger partial charge in [-0.1, -0.05) is 23.9 Å². The van der Waals surface area contributed by atoms with Crippen LogP contribution in [0.4, 0.5) is 13.2 Å². The van der Waals surface area contributed by atoms with Crippen molar-refractivity contribution in [1.29, 1.82) is 0 Å². The van der Waals surface area contributed by atoms with Crippen LogP contribution in [0.2, 0.25) is 0 Å². The monoisotopic (exact) mass is 355 g/mol. The molecule has 0 unspecified atom stereocenters. The van der Waals surface area contributed by atoms with Crippen LogP contribution < -0.4 is 0 Å². The molecule has 4 aromatic rings. The number of fused-ring (bicyclic) bond motifs is 3. The van der Waals surface area contributed by atoms with E-state index in [9.17, 15) is 13.2 Å². The van der Waals surface area contributed by atoms with E-state index in [0.717, 1.165) is 11.0 Å². The topological polar surface area (TPSA) is 58.9 Å². The number of para-hydroxylation sites is 2. The normalized spacial score (nSPS) is 12.5. The smallest absolute Gasteiger partial charge is 0.254 e. The molecule has 5 nitrogen and oxygen atoms in total. The molecule has 4 rings (SSSR count). The van der Waals surface area contributed by atoms with Gasteiger partial charge in [0, 0.05) is 16.8 Å². The van der Waals surface area contributed by atoms with Crippen molar-refractivity contribution in [3.63, 3.8) is 0 Å².